The molecule has 1 aromatic carbocycles. The van der Waals surface area contributed by atoms with Crippen molar-refractivity contribution in [1.29, 1.82) is 0 Å². The van der Waals surface area contributed by atoms with Crippen LogP contribution in [0.1, 0.15) is 0 Å². The van der Waals surface area contributed by atoms with Crippen LogP contribution in [-0.2, 0) is 0 Å². The van der Waals surface area contributed by atoms with Gasteiger partial charge in [-0.2, -0.15) is 0 Å². The van der Waals surface area contributed by atoms with Crippen LogP contribution in [0.3, 0.4) is 0 Å². The standard InChI is InChI=1S/C8H6BF/c1-2-9(10)8-6-4-3-5-7-8/h1,3-7H. The van der Waals surface area contributed by atoms with Crippen molar-refractivity contribution < 1.29 is 4.32 Å². The maximum absolute atomic E-state index is 12.6. The van der Waals surface area contributed by atoms with Crippen molar-refractivity contribution in [3.05, 3.63) is 30.3 Å². The summed E-state index contributed by atoms with van der Waals surface area (Å²) in [6.07, 6.45) is 4.88. The van der Waals surface area contributed by atoms with Gasteiger partial charge < -0.3 is 4.32 Å². The molecule has 0 amide bonds. The minimum absolute atomic E-state index is 0.546. The summed E-state index contributed by atoms with van der Waals surface area (Å²) < 4.78 is 12.6. The molecule has 0 atom stereocenters. The van der Waals surface area contributed by atoms with Crippen LogP contribution in [-0.4, -0.2) is 6.99 Å². The topological polar surface area (TPSA) is 0 Å². The summed E-state index contributed by atoms with van der Waals surface area (Å²) in [6.45, 7) is -1.26. The van der Waals surface area contributed by atoms with Crippen LogP contribution in [0, 0.1) is 12.2 Å². The van der Waals surface area contributed by atoms with E-state index in [0.29, 0.717) is 5.46 Å². The molecule has 0 saturated heterocycles. The fourth-order valence-corrected chi connectivity index (χ4v) is 0.718. The Hall–Kier alpha value is -1.23. The molecular weight excluding hydrogens is 126 g/mol. The predicted octanol–water partition coefficient (Wildman–Crippen LogP) is 1.03. The molecule has 1 aromatic rings. The Morgan fingerprint density at radius 2 is 1.90 bits per heavy atom. The first-order valence-electron chi connectivity index (χ1n) is 2.99. The third kappa shape index (κ3) is 1.38. The number of terminal acetylenes is 1. The van der Waals surface area contributed by atoms with E-state index in [2.05, 4.69) is 0 Å². The second-order valence-corrected chi connectivity index (χ2v) is 1.94. The van der Waals surface area contributed by atoms with Gasteiger partial charge in [0.25, 0.3) is 0 Å². The van der Waals surface area contributed by atoms with E-state index in [1.54, 1.807) is 24.3 Å². The number of halogens is 1. The highest BCUT2D eigenvalue weighted by Gasteiger charge is 2.10. The van der Waals surface area contributed by atoms with Gasteiger partial charge >= 0.3 is 6.99 Å². The molecule has 0 spiro atoms. The molecule has 48 valence electrons. The molecule has 0 saturated carbocycles. The molecule has 0 aliphatic rings. The Morgan fingerprint density at radius 1 is 1.30 bits per heavy atom. The first-order valence-corrected chi connectivity index (χ1v) is 2.99. The van der Waals surface area contributed by atoms with Crippen molar-refractivity contribution in [3.63, 3.8) is 0 Å². The number of hydrogen-bond acceptors (Lipinski definition) is 0. The molecular formula is C8H6BF. The van der Waals surface area contributed by atoms with E-state index >= 15 is 0 Å². The van der Waals surface area contributed by atoms with Gasteiger partial charge in [-0.25, -0.2) is 0 Å². The zero-order chi connectivity index (χ0) is 7.40. The van der Waals surface area contributed by atoms with Gasteiger partial charge in [0.15, 0.2) is 0 Å². The summed E-state index contributed by atoms with van der Waals surface area (Å²) in [5.41, 5.74) is 0.546. The van der Waals surface area contributed by atoms with Crippen LogP contribution >= 0.6 is 0 Å². The van der Waals surface area contributed by atoms with Crippen LogP contribution in [0.15, 0.2) is 30.3 Å². The van der Waals surface area contributed by atoms with Crippen LogP contribution in [0.4, 0.5) is 4.32 Å². The quantitative estimate of drug-likeness (QED) is 0.395. The summed E-state index contributed by atoms with van der Waals surface area (Å²) >= 11 is 0. The molecule has 2 heteroatoms. The first kappa shape index (κ1) is 6.89. The molecule has 0 unspecified atom stereocenters. The van der Waals surface area contributed by atoms with E-state index in [9.17, 15) is 4.32 Å². The van der Waals surface area contributed by atoms with E-state index in [0.717, 1.165) is 0 Å². The smallest absolute Gasteiger partial charge is 0.310 e. The Kier molecular flexibility index (Phi) is 2.12. The zero-order valence-corrected chi connectivity index (χ0v) is 5.42. The molecule has 0 fully saturated rings. The van der Waals surface area contributed by atoms with E-state index in [1.165, 1.54) is 0 Å². The SMILES string of the molecule is C#CB(F)c1ccccc1. The van der Waals surface area contributed by atoms with Gasteiger partial charge in [-0.1, -0.05) is 30.3 Å². The lowest BCUT2D eigenvalue weighted by atomic mass is 9.66. The minimum Gasteiger partial charge on any atom is -0.310 e. The highest BCUT2D eigenvalue weighted by atomic mass is 19.1. The van der Waals surface area contributed by atoms with E-state index in [-0.39, 0.29) is 0 Å². The fourth-order valence-electron chi connectivity index (χ4n) is 0.718. The lowest BCUT2D eigenvalue weighted by Crippen LogP contribution is -2.22. The Morgan fingerprint density at radius 3 is 2.40 bits per heavy atom. The van der Waals surface area contributed by atoms with Crippen molar-refractivity contribution in [2.24, 2.45) is 0 Å². The lowest BCUT2D eigenvalue weighted by molar-refractivity contribution is 0.867. The van der Waals surface area contributed by atoms with Gasteiger partial charge in [-0.3, -0.25) is 0 Å². The van der Waals surface area contributed by atoms with Crippen LogP contribution < -0.4 is 5.46 Å². The van der Waals surface area contributed by atoms with Crippen molar-refractivity contribution in [2.45, 2.75) is 0 Å². The lowest BCUT2D eigenvalue weighted by Gasteiger charge is -1.93. The maximum Gasteiger partial charge on any atom is 0.462 e. The van der Waals surface area contributed by atoms with Gasteiger partial charge in [0.1, 0.15) is 0 Å². The van der Waals surface area contributed by atoms with Gasteiger partial charge in [-0.05, 0) is 5.46 Å². The van der Waals surface area contributed by atoms with Crippen molar-refractivity contribution in [1.82, 2.24) is 0 Å². The van der Waals surface area contributed by atoms with Gasteiger partial charge in [0.05, 0.1) is 0 Å². The highest BCUT2D eigenvalue weighted by molar-refractivity contribution is 6.74. The average molecular weight is 132 g/mol. The zero-order valence-electron chi connectivity index (χ0n) is 5.42. The molecule has 0 aromatic heterocycles. The van der Waals surface area contributed by atoms with Crippen LogP contribution in [0.25, 0.3) is 0 Å². The monoisotopic (exact) mass is 132 g/mol. The molecule has 0 heterocycles. The first-order chi connectivity index (χ1) is 4.84. The molecule has 0 radical (unpaired) electrons. The molecule has 0 N–H and O–H groups in total. The van der Waals surface area contributed by atoms with Crippen molar-refractivity contribution in [3.8, 4) is 12.2 Å². The number of hydrogen-bond donors (Lipinski definition) is 0. The average Bonchev–Trinajstić information content (AvgIpc) is 2.05. The molecule has 0 aliphatic carbocycles. The van der Waals surface area contributed by atoms with Gasteiger partial charge in [0.2, 0.25) is 0 Å². The van der Waals surface area contributed by atoms with Crippen molar-refractivity contribution in [2.75, 3.05) is 0 Å². The van der Waals surface area contributed by atoms with Crippen LogP contribution in [0.2, 0.25) is 0 Å². The van der Waals surface area contributed by atoms with Crippen LogP contribution in [0.5, 0.6) is 0 Å². The highest BCUT2D eigenvalue weighted by Crippen LogP contribution is 1.87. The number of benzene rings is 1. The Balaban J connectivity index is 2.88. The Bertz CT molecular complexity index is 237. The summed E-state index contributed by atoms with van der Waals surface area (Å²) in [5, 5.41) is 0. The molecule has 0 bridgehead atoms. The van der Waals surface area contributed by atoms with Gasteiger partial charge in [-0.15, -0.1) is 12.2 Å². The fraction of sp³-hybridized carbons (Fsp3) is 0. The Labute approximate surface area is 60.2 Å². The molecule has 0 aliphatic heterocycles. The van der Waals surface area contributed by atoms with E-state index in [1.807, 2.05) is 11.9 Å². The van der Waals surface area contributed by atoms with Gasteiger partial charge in [0, 0.05) is 0 Å². The summed E-state index contributed by atoms with van der Waals surface area (Å²) in [4.78, 5) is 0. The third-order valence-electron chi connectivity index (χ3n) is 1.24. The maximum atomic E-state index is 12.6. The normalized spacial score (nSPS) is 8.40. The summed E-state index contributed by atoms with van der Waals surface area (Å²) in [7, 11) is 0. The molecule has 10 heavy (non-hydrogen) atoms. The minimum atomic E-state index is -1.26. The van der Waals surface area contributed by atoms with E-state index in [4.69, 9.17) is 6.42 Å². The number of rotatable bonds is 1. The predicted molar refractivity (Wildman–Crippen MR) is 41.8 cm³/mol. The third-order valence-corrected chi connectivity index (χ3v) is 1.24. The van der Waals surface area contributed by atoms with Crippen molar-refractivity contribution >= 4 is 12.5 Å². The largest absolute Gasteiger partial charge is 0.462 e. The second-order valence-electron chi connectivity index (χ2n) is 1.94. The second kappa shape index (κ2) is 3.07. The summed E-state index contributed by atoms with van der Waals surface area (Å²) in [6, 6.07) is 8.69. The molecule has 1 rings (SSSR count). The van der Waals surface area contributed by atoms with E-state index < -0.39 is 6.99 Å². The summed E-state index contributed by atoms with van der Waals surface area (Å²) in [5.74, 6) is 2.01. The molecule has 0 nitrogen and oxygen atoms in total.